The summed E-state index contributed by atoms with van der Waals surface area (Å²) in [5.74, 6) is -0.276. The van der Waals surface area contributed by atoms with Gasteiger partial charge in [-0.3, -0.25) is 4.79 Å². The number of nitrogens with one attached hydrogen (secondary N) is 2. The van der Waals surface area contributed by atoms with Crippen LogP contribution < -0.4 is 5.32 Å². The van der Waals surface area contributed by atoms with Crippen molar-refractivity contribution in [2.75, 3.05) is 0 Å². The molecule has 0 spiro atoms. The number of hydrogen-bond donors (Lipinski definition) is 2. The van der Waals surface area contributed by atoms with Gasteiger partial charge < -0.3 is 10.3 Å². The SMILES string of the molecule is CC.CC[C@@H](NC(=O)c1cc(C)ccc(C(F)F)cc(C)[nH]1)c1ccccc1. The summed E-state index contributed by atoms with van der Waals surface area (Å²) in [5.41, 5.74) is 2.43. The van der Waals surface area contributed by atoms with Crippen LogP contribution in [0, 0.1) is 13.8 Å². The third kappa shape index (κ3) is 7.14. The summed E-state index contributed by atoms with van der Waals surface area (Å²) < 4.78 is 26.1. The third-order valence-corrected chi connectivity index (χ3v) is 4.04. The lowest BCUT2D eigenvalue weighted by Gasteiger charge is -2.17. The second-order valence-electron chi connectivity index (χ2n) is 6.23. The normalized spacial score (nSPS) is 11.1. The molecule has 152 valence electrons. The fourth-order valence-corrected chi connectivity index (χ4v) is 2.69. The van der Waals surface area contributed by atoms with Gasteiger partial charge in [-0.15, -0.1) is 0 Å². The quantitative estimate of drug-likeness (QED) is 0.595. The molecule has 0 saturated carbocycles. The maximum atomic E-state index is 13.1. The van der Waals surface area contributed by atoms with Crippen LogP contribution in [-0.2, 0) is 0 Å². The van der Waals surface area contributed by atoms with E-state index < -0.39 is 6.43 Å². The first-order chi connectivity index (χ1) is 13.4. The van der Waals surface area contributed by atoms with Gasteiger partial charge in [0.2, 0.25) is 0 Å². The summed E-state index contributed by atoms with van der Waals surface area (Å²) in [5, 5.41) is 3.01. The highest BCUT2D eigenvalue weighted by Crippen LogP contribution is 2.19. The highest BCUT2D eigenvalue weighted by molar-refractivity contribution is 5.92. The van der Waals surface area contributed by atoms with E-state index in [9.17, 15) is 13.6 Å². The zero-order valence-corrected chi connectivity index (χ0v) is 17.2. The molecule has 0 radical (unpaired) electrons. The Bertz CT molecular complexity index is 800. The molecule has 28 heavy (non-hydrogen) atoms. The molecule has 1 aromatic heterocycles. The lowest BCUT2D eigenvalue weighted by atomic mass is 10.0. The van der Waals surface area contributed by atoms with Crippen LogP contribution in [-0.4, -0.2) is 10.9 Å². The molecule has 1 aromatic carbocycles. The minimum atomic E-state index is -2.58. The minimum absolute atomic E-state index is 0.0971. The van der Waals surface area contributed by atoms with E-state index in [0.29, 0.717) is 17.0 Å². The number of hydrogen-bond acceptors (Lipinski definition) is 1. The number of alkyl halides is 2. The van der Waals surface area contributed by atoms with Gasteiger partial charge in [0.25, 0.3) is 12.3 Å². The van der Waals surface area contributed by atoms with Gasteiger partial charge in [-0.2, -0.15) is 0 Å². The maximum Gasteiger partial charge on any atom is 0.268 e. The second-order valence-corrected chi connectivity index (χ2v) is 6.23. The molecule has 0 aliphatic heterocycles. The molecule has 0 bridgehead atoms. The van der Waals surface area contributed by atoms with Crippen molar-refractivity contribution in [1.29, 1.82) is 0 Å². The van der Waals surface area contributed by atoms with Crippen molar-refractivity contribution in [2.24, 2.45) is 0 Å². The van der Waals surface area contributed by atoms with E-state index in [2.05, 4.69) is 10.3 Å². The first-order valence-corrected chi connectivity index (χ1v) is 9.60. The van der Waals surface area contributed by atoms with Crippen LogP contribution in [0.3, 0.4) is 0 Å². The van der Waals surface area contributed by atoms with Crippen molar-refractivity contribution in [1.82, 2.24) is 10.3 Å². The van der Waals surface area contributed by atoms with Crippen LogP contribution in [0.2, 0.25) is 0 Å². The number of aromatic nitrogens is 1. The number of aryl methyl sites for hydroxylation is 2. The van der Waals surface area contributed by atoms with Gasteiger partial charge in [0.1, 0.15) is 5.69 Å². The van der Waals surface area contributed by atoms with Gasteiger partial charge in [-0.1, -0.05) is 63.2 Å². The predicted octanol–water partition coefficient (Wildman–Crippen LogP) is 6.60. The molecular weight excluding hydrogens is 358 g/mol. The highest BCUT2D eigenvalue weighted by Gasteiger charge is 2.14. The van der Waals surface area contributed by atoms with Crippen molar-refractivity contribution < 1.29 is 13.6 Å². The standard InChI is InChI=1S/C21H24F2N2O.C2H6/c1-4-18(16-8-6-5-7-9-16)25-21(26)19-12-14(2)10-11-17(20(22)23)13-15(3)24-19;1-2/h5-13,18,20,24H,4H2,1-3H3,(H,25,26);1-2H3/t18-;/m1./s1. The molecular formula is C23H30F2N2O. The van der Waals surface area contributed by atoms with Crippen molar-refractivity contribution >= 4 is 5.91 Å². The summed E-state index contributed by atoms with van der Waals surface area (Å²) in [6, 6.07) is 15.6. The van der Waals surface area contributed by atoms with E-state index in [-0.39, 0.29) is 17.5 Å². The Labute approximate surface area is 166 Å². The lowest BCUT2D eigenvalue weighted by molar-refractivity contribution is 0.0930. The number of halogens is 2. The van der Waals surface area contributed by atoms with Gasteiger partial charge in [0, 0.05) is 11.3 Å². The first kappa shape index (κ1) is 23.3. The molecule has 2 N–H and O–H groups in total. The molecule has 0 fully saturated rings. The zero-order chi connectivity index (χ0) is 21.1. The fourth-order valence-electron chi connectivity index (χ4n) is 2.69. The summed E-state index contributed by atoms with van der Waals surface area (Å²) in [6.45, 7) is 9.42. The molecule has 1 heterocycles. The fraction of sp³-hybridized carbons (Fsp3) is 0.348. The molecule has 2 aromatic rings. The van der Waals surface area contributed by atoms with E-state index in [4.69, 9.17) is 0 Å². The van der Waals surface area contributed by atoms with E-state index in [1.54, 1.807) is 26.0 Å². The van der Waals surface area contributed by atoms with Gasteiger partial charge in [-0.25, -0.2) is 8.78 Å². The minimum Gasteiger partial charge on any atom is -0.355 e. The Hall–Kier alpha value is -2.69. The number of carbonyl (C=O) groups excluding carboxylic acids is 1. The summed E-state index contributed by atoms with van der Waals surface area (Å²) in [6.07, 6.45) is -1.84. The van der Waals surface area contributed by atoms with Gasteiger partial charge in [0.05, 0.1) is 6.04 Å². The smallest absolute Gasteiger partial charge is 0.268 e. The van der Waals surface area contributed by atoms with Crippen LogP contribution >= 0.6 is 0 Å². The van der Waals surface area contributed by atoms with Crippen LogP contribution in [0.15, 0.2) is 54.6 Å². The van der Waals surface area contributed by atoms with E-state index >= 15 is 0 Å². The molecule has 0 saturated heterocycles. The Kier molecular flexibility index (Phi) is 9.93. The highest BCUT2D eigenvalue weighted by atomic mass is 19.3. The van der Waals surface area contributed by atoms with E-state index in [1.165, 1.54) is 12.1 Å². The first-order valence-electron chi connectivity index (χ1n) is 9.60. The summed E-state index contributed by atoms with van der Waals surface area (Å²) in [4.78, 5) is 15.7. The monoisotopic (exact) mass is 388 g/mol. The summed E-state index contributed by atoms with van der Waals surface area (Å²) >= 11 is 0. The molecule has 0 unspecified atom stereocenters. The van der Waals surface area contributed by atoms with E-state index in [1.807, 2.05) is 51.1 Å². The number of amides is 1. The Morgan fingerprint density at radius 3 is 2.21 bits per heavy atom. The maximum absolute atomic E-state index is 13.1. The lowest BCUT2D eigenvalue weighted by Crippen LogP contribution is -2.28. The number of H-pyrrole nitrogens is 1. The average molecular weight is 389 g/mol. The van der Waals surface area contributed by atoms with Crippen molar-refractivity contribution in [3.8, 4) is 0 Å². The summed E-state index contributed by atoms with van der Waals surface area (Å²) in [7, 11) is 0. The number of rotatable bonds is 5. The number of aromatic amines is 1. The zero-order valence-electron chi connectivity index (χ0n) is 17.2. The molecule has 0 aliphatic carbocycles. The van der Waals surface area contributed by atoms with Crippen molar-refractivity contribution in [3.05, 3.63) is 82.7 Å². The van der Waals surface area contributed by atoms with Crippen LogP contribution in [0.1, 0.15) is 72.5 Å². The Morgan fingerprint density at radius 1 is 1.00 bits per heavy atom. The van der Waals surface area contributed by atoms with Gasteiger partial charge in [-0.05, 0) is 43.5 Å². The molecule has 5 heteroatoms. The topological polar surface area (TPSA) is 44.9 Å². The number of carbonyl (C=O) groups is 1. The Morgan fingerprint density at radius 2 is 1.64 bits per heavy atom. The average Bonchev–Trinajstić information content (AvgIpc) is 2.77. The molecule has 1 amide bonds. The molecule has 0 aliphatic rings. The largest absolute Gasteiger partial charge is 0.355 e. The Balaban J connectivity index is 0.00000190. The second kappa shape index (κ2) is 11.9. The van der Waals surface area contributed by atoms with Crippen LogP contribution in [0.5, 0.6) is 0 Å². The predicted molar refractivity (Wildman–Crippen MR) is 111 cm³/mol. The van der Waals surface area contributed by atoms with Crippen LogP contribution in [0.4, 0.5) is 8.78 Å². The van der Waals surface area contributed by atoms with Crippen molar-refractivity contribution in [2.45, 2.75) is 53.5 Å². The third-order valence-electron chi connectivity index (χ3n) is 4.04. The van der Waals surface area contributed by atoms with Crippen LogP contribution in [0.25, 0.3) is 0 Å². The molecule has 2 rings (SSSR count). The van der Waals surface area contributed by atoms with Gasteiger partial charge >= 0.3 is 0 Å². The molecule has 1 atom stereocenters. The van der Waals surface area contributed by atoms with E-state index in [0.717, 1.165) is 12.0 Å². The number of benzene rings is 1. The molecule has 3 nitrogen and oxygen atoms in total. The van der Waals surface area contributed by atoms with Gasteiger partial charge in [0.15, 0.2) is 0 Å². The van der Waals surface area contributed by atoms with Crippen molar-refractivity contribution in [3.63, 3.8) is 0 Å².